The molecular formula is C27H27N3O4. The first-order valence-corrected chi connectivity index (χ1v) is 11.3. The molecule has 0 saturated carbocycles. The van der Waals surface area contributed by atoms with Crippen LogP contribution in [0, 0.1) is 12.3 Å². The van der Waals surface area contributed by atoms with E-state index in [1.165, 1.54) is 0 Å². The summed E-state index contributed by atoms with van der Waals surface area (Å²) in [4.78, 5) is 41.2. The fraction of sp³-hybridized carbons (Fsp3) is 0.259. The lowest BCUT2D eigenvalue weighted by atomic mass is 9.67. The first-order chi connectivity index (χ1) is 16.3. The number of amides is 2. The summed E-state index contributed by atoms with van der Waals surface area (Å²) < 4.78 is 0. The number of nitrogens with zero attached hydrogens (tertiary/aromatic N) is 1. The van der Waals surface area contributed by atoms with Crippen molar-refractivity contribution >= 4 is 29.2 Å². The minimum Gasteiger partial charge on any atom is -0.481 e. The molecule has 1 aromatic heterocycles. The summed E-state index contributed by atoms with van der Waals surface area (Å²) in [6.45, 7) is 3.83. The van der Waals surface area contributed by atoms with Crippen LogP contribution in [0.2, 0.25) is 0 Å². The van der Waals surface area contributed by atoms with Crippen molar-refractivity contribution in [2.24, 2.45) is 5.41 Å². The number of carboxylic acids is 1. The van der Waals surface area contributed by atoms with Gasteiger partial charge in [-0.2, -0.15) is 0 Å². The highest BCUT2D eigenvalue weighted by Crippen LogP contribution is 2.42. The second-order valence-corrected chi connectivity index (χ2v) is 8.79. The van der Waals surface area contributed by atoms with Gasteiger partial charge in [0.05, 0.1) is 24.0 Å². The molecule has 34 heavy (non-hydrogen) atoms. The molecular weight excluding hydrogens is 430 g/mol. The molecule has 1 atom stereocenters. The number of hydrogen-bond acceptors (Lipinski definition) is 4. The van der Waals surface area contributed by atoms with E-state index in [0.717, 1.165) is 22.4 Å². The number of aryl methyl sites for hydroxylation is 2. The predicted octanol–water partition coefficient (Wildman–Crippen LogP) is 5.70. The number of pyridine rings is 1. The van der Waals surface area contributed by atoms with E-state index in [2.05, 4.69) is 15.6 Å². The van der Waals surface area contributed by atoms with Gasteiger partial charge in [-0.25, -0.2) is 4.79 Å². The molecule has 0 saturated heterocycles. The highest BCUT2D eigenvalue weighted by molar-refractivity contribution is 6.04. The first kappa shape index (κ1) is 23.2. The lowest BCUT2D eigenvalue weighted by Gasteiger charge is -2.34. The van der Waals surface area contributed by atoms with E-state index in [1.807, 2.05) is 56.3 Å². The molecule has 0 spiro atoms. The molecule has 3 aromatic rings. The molecule has 7 heteroatoms. The van der Waals surface area contributed by atoms with E-state index in [9.17, 15) is 19.5 Å². The summed E-state index contributed by atoms with van der Waals surface area (Å²) in [6, 6.07) is 16.3. The molecule has 1 aliphatic rings. The fourth-order valence-electron chi connectivity index (χ4n) is 4.53. The third-order valence-corrected chi connectivity index (χ3v) is 6.46. The molecule has 1 unspecified atom stereocenters. The summed E-state index contributed by atoms with van der Waals surface area (Å²) >= 11 is 0. The van der Waals surface area contributed by atoms with Gasteiger partial charge in [0.15, 0.2) is 5.78 Å². The van der Waals surface area contributed by atoms with Crippen molar-refractivity contribution in [3.05, 3.63) is 77.5 Å². The average Bonchev–Trinajstić information content (AvgIpc) is 2.81. The topological polar surface area (TPSA) is 108 Å². The minimum absolute atomic E-state index is 0.0858. The minimum atomic E-state index is -0.944. The number of nitrogens with one attached hydrogen (secondary N) is 2. The van der Waals surface area contributed by atoms with Crippen LogP contribution in [-0.2, 0) is 11.2 Å². The monoisotopic (exact) mass is 457 g/mol. The van der Waals surface area contributed by atoms with Crippen LogP contribution in [0.4, 0.5) is 16.2 Å². The number of carboxylic acid groups (broad SMARTS) is 1. The number of benzene rings is 2. The normalized spacial score (nSPS) is 17.1. The fourth-order valence-corrected chi connectivity index (χ4v) is 4.53. The highest BCUT2D eigenvalue weighted by atomic mass is 16.4. The number of rotatable bonds is 6. The summed E-state index contributed by atoms with van der Waals surface area (Å²) in [5, 5.41) is 14.9. The van der Waals surface area contributed by atoms with Gasteiger partial charge in [-0.1, -0.05) is 31.2 Å². The molecule has 1 heterocycles. The third kappa shape index (κ3) is 4.83. The standard InChI is InChI=1S/C27H27N3O4/c1-3-27(15-24(31)32)12-11-18-14-19(7-9-22(18)25(27)33)23-10-8-21(16-28-23)30-26(34)29-20-6-4-5-17(2)13-20/h4-10,13-14,16H,3,11-12,15H2,1-2H3,(H,31,32)(H2,29,30,34). The Kier molecular flexibility index (Phi) is 6.45. The van der Waals surface area contributed by atoms with Gasteiger partial charge in [0.25, 0.3) is 0 Å². The Balaban J connectivity index is 1.47. The molecule has 0 bridgehead atoms. The summed E-state index contributed by atoms with van der Waals surface area (Å²) in [5.74, 6) is -1.03. The number of urea groups is 1. The summed E-state index contributed by atoms with van der Waals surface area (Å²) in [6.07, 6.45) is 3.13. The quantitative estimate of drug-likeness (QED) is 0.440. The second-order valence-electron chi connectivity index (χ2n) is 8.79. The largest absolute Gasteiger partial charge is 0.481 e. The summed E-state index contributed by atoms with van der Waals surface area (Å²) in [7, 11) is 0. The van der Waals surface area contributed by atoms with Crippen LogP contribution in [0.3, 0.4) is 0 Å². The molecule has 0 aliphatic heterocycles. The second kappa shape index (κ2) is 9.47. The van der Waals surface area contributed by atoms with Crippen LogP contribution in [0.15, 0.2) is 60.8 Å². The lowest BCUT2D eigenvalue weighted by Crippen LogP contribution is -2.37. The number of fused-ring (bicyclic) bond motifs is 1. The zero-order valence-corrected chi connectivity index (χ0v) is 19.2. The number of Topliss-reactive ketones (excluding diaryl/α,β-unsaturated/α-hetero) is 1. The first-order valence-electron chi connectivity index (χ1n) is 11.3. The van der Waals surface area contributed by atoms with Gasteiger partial charge in [0, 0.05) is 22.2 Å². The van der Waals surface area contributed by atoms with Gasteiger partial charge >= 0.3 is 12.0 Å². The molecule has 2 aromatic carbocycles. The molecule has 4 rings (SSSR count). The van der Waals surface area contributed by atoms with Crippen LogP contribution >= 0.6 is 0 Å². The maximum Gasteiger partial charge on any atom is 0.323 e. The Labute approximate surface area is 198 Å². The Bertz CT molecular complexity index is 1250. The number of aromatic nitrogens is 1. The molecule has 7 nitrogen and oxygen atoms in total. The van der Waals surface area contributed by atoms with Crippen LogP contribution in [0.5, 0.6) is 0 Å². The van der Waals surface area contributed by atoms with Crippen molar-refractivity contribution in [3.63, 3.8) is 0 Å². The molecule has 1 aliphatic carbocycles. The van der Waals surface area contributed by atoms with E-state index in [1.54, 1.807) is 18.3 Å². The average molecular weight is 458 g/mol. The van der Waals surface area contributed by atoms with E-state index in [-0.39, 0.29) is 18.2 Å². The number of carbonyl (C=O) groups excluding carboxylic acids is 2. The lowest BCUT2D eigenvalue weighted by molar-refractivity contribution is -0.139. The van der Waals surface area contributed by atoms with Gasteiger partial charge in [0.1, 0.15) is 0 Å². The number of hydrogen-bond donors (Lipinski definition) is 3. The number of ketones is 1. The van der Waals surface area contributed by atoms with Crippen LogP contribution in [-0.4, -0.2) is 27.9 Å². The van der Waals surface area contributed by atoms with Crippen LogP contribution in [0.25, 0.3) is 11.3 Å². The van der Waals surface area contributed by atoms with Crippen molar-refractivity contribution in [1.82, 2.24) is 4.98 Å². The Morgan fingerprint density at radius 2 is 1.85 bits per heavy atom. The highest BCUT2D eigenvalue weighted by Gasteiger charge is 2.42. The maximum absolute atomic E-state index is 13.1. The van der Waals surface area contributed by atoms with Crippen LogP contribution in [0.1, 0.15) is 47.7 Å². The van der Waals surface area contributed by atoms with Gasteiger partial charge < -0.3 is 15.7 Å². The van der Waals surface area contributed by atoms with Crippen molar-refractivity contribution in [3.8, 4) is 11.3 Å². The van der Waals surface area contributed by atoms with Gasteiger partial charge in [-0.3, -0.25) is 14.6 Å². The Morgan fingerprint density at radius 1 is 1.06 bits per heavy atom. The molecule has 0 fully saturated rings. The van der Waals surface area contributed by atoms with Crippen molar-refractivity contribution < 1.29 is 19.5 Å². The third-order valence-electron chi connectivity index (χ3n) is 6.46. The molecule has 0 radical (unpaired) electrons. The maximum atomic E-state index is 13.1. The smallest absolute Gasteiger partial charge is 0.323 e. The Morgan fingerprint density at radius 3 is 2.53 bits per heavy atom. The zero-order chi connectivity index (χ0) is 24.3. The van der Waals surface area contributed by atoms with Gasteiger partial charge in [-0.15, -0.1) is 0 Å². The number of anilines is 2. The molecule has 2 amide bonds. The predicted molar refractivity (Wildman–Crippen MR) is 131 cm³/mol. The van der Waals surface area contributed by atoms with E-state index >= 15 is 0 Å². The molecule has 3 N–H and O–H groups in total. The van der Waals surface area contributed by atoms with E-state index < -0.39 is 11.4 Å². The van der Waals surface area contributed by atoms with Crippen molar-refractivity contribution in [2.45, 2.75) is 39.5 Å². The van der Waals surface area contributed by atoms with Crippen molar-refractivity contribution in [1.29, 1.82) is 0 Å². The van der Waals surface area contributed by atoms with Crippen molar-refractivity contribution in [2.75, 3.05) is 10.6 Å². The van der Waals surface area contributed by atoms with E-state index in [0.29, 0.717) is 36.2 Å². The Hall–Kier alpha value is -4.00. The number of carbonyl (C=O) groups is 3. The zero-order valence-electron chi connectivity index (χ0n) is 19.2. The van der Waals surface area contributed by atoms with Crippen LogP contribution < -0.4 is 10.6 Å². The van der Waals surface area contributed by atoms with E-state index in [4.69, 9.17) is 0 Å². The SMILES string of the molecule is CCC1(CC(=O)O)CCc2cc(-c3ccc(NC(=O)Nc4cccc(C)c4)cn3)ccc2C1=O. The van der Waals surface area contributed by atoms with Gasteiger partial charge in [0.2, 0.25) is 0 Å². The summed E-state index contributed by atoms with van der Waals surface area (Å²) in [5.41, 5.74) is 4.60. The van der Waals surface area contributed by atoms with Gasteiger partial charge in [-0.05, 0) is 67.6 Å². The number of aliphatic carboxylic acids is 1. The molecule has 174 valence electrons.